The number of carbonyl (C=O) groups excluding carboxylic acids is 1. The summed E-state index contributed by atoms with van der Waals surface area (Å²) in [4.78, 5) is 25.0. The van der Waals surface area contributed by atoms with Gasteiger partial charge in [0.2, 0.25) is 5.88 Å². The Morgan fingerprint density at radius 3 is 2.48 bits per heavy atom. The van der Waals surface area contributed by atoms with E-state index < -0.39 is 25.4 Å². The molecule has 4 rings (SSSR count). The van der Waals surface area contributed by atoms with Crippen LogP contribution in [-0.2, 0) is 27.2 Å². The first-order valence-electron chi connectivity index (χ1n) is 13.9. The summed E-state index contributed by atoms with van der Waals surface area (Å²) in [5.74, 6) is 0.00642. The first kappa shape index (κ1) is 32.0. The lowest BCUT2D eigenvalue weighted by Crippen LogP contribution is -2.44. The number of aromatic nitrogens is 4. The molecule has 8 nitrogen and oxygen atoms in total. The molecule has 0 radical (unpaired) electrons. The minimum Gasteiger partial charge on any atom is -0.475 e. The van der Waals surface area contributed by atoms with Crippen LogP contribution < -0.4 is 4.74 Å². The van der Waals surface area contributed by atoms with Crippen LogP contribution in [0.3, 0.4) is 0 Å². The summed E-state index contributed by atoms with van der Waals surface area (Å²) in [7, 11) is -1.35. The summed E-state index contributed by atoms with van der Waals surface area (Å²) >= 11 is 6.61. The number of nitrogens with zero attached hydrogens (tertiary/aromatic N) is 4. The third kappa shape index (κ3) is 7.32. The zero-order valence-electron chi connectivity index (χ0n) is 24.5. The standard InChI is InChI=1S/C29H36ClF3N4O4Si/c1-6-40-27(38)28(10-7-11-28)17-41-26-24(30)19(2)21(15-35-26)20-8-9-22(34-14-20)25-36-23(29(31,32)33)16-37(25)18-39-12-13-42(3,4)5/h8-9,14-16H,6-7,10-13,17-18H2,1-5H3. The van der Waals surface area contributed by atoms with Gasteiger partial charge in [0.15, 0.2) is 11.5 Å². The van der Waals surface area contributed by atoms with Gasteiger partial charge in [-0.15, -0.1) is 0 Å². The smallest absolute Gasteiger partial charge is 0.434 e. The maximum Gasteiger partial charge on any atom is 0.434 e. The van der Waals surface area contributed by atoms with Crippen molar-refractivity contribution >= 4 is 25.6 Å². The number of halogens is 4. The first-order valence-corrected chi connectivity index (χ1v) is 18.0. The van der Waals surface area contributed by atoms with E-state index in [-0.39, 0.29) is 36.7 Å². The molecule has 0 aromatic carbocycles. The molecule has 1 aliphatic rings. The van der Waals surface area contributed by atoms with Gasteiger partial charge in [0.25, 0.3) is 0 Å². The van der Waals surface area contributed by atoms with Crippen LogP contribution in [0.1, 0.15) is 37.4 Å². The highest BCUT2D eigenvalue weighted by atomic mass is 35.5. The molecule has 13 heteroatoms. The molecule has 0 amide bonds. The first-order chi connectivity index (χ1) is 19.7. The van der Waals surface area contributed by atoms with Gasteiger partial charge in [-0.25, -0.2) is 9.97 Å². The number of imidazole rings is 1. The second kappa shape index (κ2) is 12.7. The van der Waals surface area contributed by atoms with Crippen LogP contribution in [0.25, 0.3) is 22.6 Å². The predicted molar refractivity (Wildman–Crippen MR) is 156 cm³/mol. The molecule has 1 fully saturated rings. The van der Waals surface area contributed by atoms with Gasteiger partial charge >= 0.3 is 12.1 Å². The molecule has 3 aromatic rings. The number of alkyl halides is 3. The number of rotatable bonds is 12. The summed E-state index contributed by atoms with van der Waals surface area (Å²) in [5, 5.41) is 0.302. The van der Waals surface area contributed by atoms with Crippen molar-refractivity contribution in [2.45, 2.75) is 71.7 Å². The molecule has 0 atom stereocenters. The molecule has 0 spiro atoms. The molecule has 1 saturated carbocycles. The van der Waals surface area contributed by atoms with Crippen molar-refractivity contribution in [1.82, 2.24) is 19.5 Å². The summed E-state index contributed by atoms with van der Waals surface area (Å²) in [5.41, 5.74) is 0.621. The molecular formula is C29H36ClF3N4O4Si. The van der Waals surface area contributed by atoms with Gasteiger partial charge in [-0.05, 0) is 44.4 Å². The molecule has 1 aliphatic carbocycles. The zero-order valence-corrected chi connectivity index (χ0v) is 26.2. The van der Waals surface area contributed by atoms with E-state index in [1.165, 1.54) is 4.57 Å². The van der Waals surface area contributed by atoms with Crippen molar-refractivity contribution < 1.29 is 32.2 Å². The number of hydrogen-bond donors (Lipinski definition) is 0. The van der Waals surface area contributed by atoms with E-state index in [9.17, 15) is 18.0 Å². The van der Waals surface area contributed by atoms with E-state index in [1.807, 2.05) is 6.92 Å². The van der Waals surface area contributed by atoms with E-state index >= 15 is 0 Å². The number of ether oxygens (including phenoxy) is 3. The number of hydrogen-bond acceptors (Lipinski definition) is 7. The fraction of sp³-hybridized carbons (Fsp3) is 0.517. The quantitative estimate of drug-likeness (QED) is 0.118. The minimum absolute atomic E-state index is 0.0602. The van der Waals surface area contributed by atoms with Crippen LogP contribution in [0.2, 0.25) is 30.7 Å². The van der Waals surface area contributed by atoms with Crippen molar-refractivity contribution in [3.63, 3.8) is 0 Å². The highest BCUT2D eigenvalue weighted by Gasteiger charge is 2.46. The van der Waals surface area contributed by atoms with Crippen LogP contribution in [-0.4, -0.2) is 53.4 Å². The lowest BCUT2D eigenvalue weighted by molar-refractivity contribution is -0.163. The highest BCUT2D eigenvalue weighted by Crippen LogP contribution is 2.43. The van der Waals surface area contributed by atoms with Crippen molar-refractivity contribution in [3.8, 4) is 28.5 Å². The molecule has 0 saturated heterocycles. The Hall–Kier alpha value is -2.96. The van der Waals surface area contributed by atoms with Crippen molar-refractivity contribution in [2.24, 2.45) is 5.41 Å². The molecule has 3 heterocycles. The van der Waals surface area contributed by atoms with Gasteiger partial charge < -0.3 is 18.8 Å². The Morgan fingerprint density at radius 2 is 1.90 bits per heavy atom. The maximum atomic E-state index is 13.5. The van der Waals surface area contributed by atoms with Crippen molar-refractivity contribution in [2.75, 3.05) is 19.8 Å². The molecule has 0 unspecified atom stereocenters. The van der Waals surface area contributed by atoms with Crippen LogP contribution in [0, 0.1) is 12.3 Å². The Kier molecular flexibility index (Phi) is 9.68. The van der Waals surface area contributed by atoms with E-state index in [2.05, 4.69) is 34.6 Å². The van der Waals surface area contributed by atoms with E-state index in [4.69, 9.17) is 25.8 Å². The number of carbonyl (C=O) groups is 1. The van der Waals surface area contributed by atoms with Gasteiger partial charge in [-0.2, -0.15) is 13.2 Å². The normalized spacial score (nSPS) is 14.9. The number of pyridine rings is 2. The minimum atomic E-state index is -4.60. The van der Waals surface area contributed by atoms with Crippen molar-refractivity contribution in [3.05, 3.63) is 47.0 Å². The van der Waals surface area contributed by atoms with E-state index in [0.29, 0.717) is 47.8 Å². The van der Waals surface area contributed by atoms with Crippen LogP contribution in [0.4, 0.5) is 13.2 Å². The lowest BCUT2D eigenvalue weighted by atomic mass is 9.69. The Morgan fingerprint density at radius 1 is 1.17 bits per heavy atom. The number of esters is 1. The third-order valence-corrected chi connectivity index (χ3v) is 9.48. The Bertz CT molecular complexity index is 1400. The largest absolute Gasteiger partial charge is 0.475 e. The predicted octanol–water partition coefficient (Wildman–Crippen LogP) is 7.41. The van der Waals surface area contributed by atoms with Gasteiger partial charge in [0.1, 0.15) is 29.5 Å². The molecule has 0 N–H and O–H groups in total. The second-order valence-electron chi connectivity index (χ2n) is 11.8. The van der Waals surface area contributed by atoms with Gasteiger partial charge in [0, 0.05) is 44.4 Å². The second-order valence-corrected chi connectivity index (χ2v) is 17.8. The van der Waals surface area contributed by atoms with Crippen LogP contribution in [0.5, 0.6) is 5.88 Å². The summed E-state index contributed by atoms with van der Waals surface area (Å²) in [6.07, 6.45) is 1.78. The summed E-state index contributed by atoms with van der Waals surface area (Å²) < 4.78 is 58.6. The molecule has 0 bridgehead atoms. The maximum absolute atomic E-state index is 13.5. The zero-order chi connectivity index (χ0) is 30.7. The highest BCUT2D eigenvalue weighted by molar-refractivity contribution is 6.76. The van der Waals surface area contributed by atoms with Gasteiger partial charge in [-0.3, -0.25) is 9.78 Å². The van der Waals surface area contributed by atoms with Crippen molar-refractivity contribution in [1.29, 1.82) is 0 Å². The average molecular weight is 625 g/mol. The molecular weight excluding hydrogens is 589 g/mol. The third-order valence-electron chi connectivity index (χ3n) is 7.33. The van der Waals surface area contributed by atoms with E-state index in [1.54, 1.807) is 31.5 Å². The summed E-state index contributed by atoms with van der Waals surface area (Å²) in [6.45, 7) is 11.0. The summed E-state index contributed by atoms with van der Waals surface area (Å²) in [6, 6.07) is 4.22. The Labute approximate surface area is 249 Å². The monoisotopic (exact) mass is 624 g/mol. The van der Waals surface area contributed by atoms with Crippen LogP contribution >= 0.6 is 11.6 Å². The van der Waals surface area contributed by atoms with Gasteiger partial charge in [-0.1, -0.05) is 43.7 Å². The molecule has 228 valence electrons. The Balaban J connectivity index is 1.52. The van der Waals surface area contributed by atoms with E-state index in [0.717, 1.165) is 18.7 Å². The molecule has 42 heavy (non-hydrogen) atoms. The molecule has 3 aromatic heterocycles. The SMILES string of the molecule is CCOC(=O)C1(COc2ncc(-c3ccc(-c4nc(C(F)(F)F)cn4COCC[Si](C)(C)C)nc3)c(C)c2Cl)CCC1. The lowest BCUT2D eigenvalue weighted by Gasteiger charge is -2.38. The average Bonchev–Trinajstić information content (AvgIpc) is 3.33. The topological polar surface area (TPSA) is 88.4 Å². The molecule has 0 aliphatic heterocycles. The van der Waals surface area contributed by atoms with Crippen LogP contribution in [0.15, 0.2) is 30.7 Å². The fourth-order valence-corrected chi connectivity index (χ4v) is 5.49. The van der Waals surface area contributed by atoms with Gasteiger partial charge in [0.05, 0.1) is 6.61 Å². The fourth-order valence-electron chi connectivity index (χ4n) is 4.53.